The Balaban J connectivity index is 0.00000253. The van der Waals surface area contributed by atoms with E-state index in [1.165, 1.54) is 46.8 Å². The molecule has 0 saturated carbocycles. The van der Waals surface area contributed by atoms with Crippen LogP contribution in [0.3, 0.4) is 0 Å². The number of rotatable bonds is 22. The molecule has 0 unspecified atom stereocenters. The Bertz CT molecular complexity index is 1560. The van der Waals surface area contributed by atoms with Crippen molar-refractivity contribution in [3.63, 3.8) is 0 Å². The Kier molecular flexibility index (Phi) is 22.5. The number of para-hydroxylation sites is 2. The summed E-state index contributed by atoms with van der Waals surface area (Å²) in [6.07, 6.45) is 23.1. The summed E-state index contributed by atoms with van der Waals surface area (Å²) in [5.41, 5.74) is 13.4. The highest BCUT2D eigenvalue weighted by atomic mass is 16.1. The minimum Gasteiger partial charge on any atom is -0.356 e. The number of fused-ring (bicyclic) bond motifs is 2. The first-order valence-electron chi connectivity index (χ1n) is 21.4. The van der Waals surface area contributed by atoms with Crippen LogP contribution >= 0.6 is 0 Å². The topological polar surface area (TPSA) is 85.4 Å². The van der Waals surface area contributed by atoms with E-state index >= 15 is 0 Å². The van der Waals surface area contributed by atoms with Crippen molar-refractivity contribution in [1.29, 1.82) is 0 Å². The van der Waals surface area contributed by atoms with Gasteiger partial charge < -0.3 is 26.6 Å². The second kappa shape index (κ2) is 26.1. The van der Waals surface area contributed by atoms with Gasteiger partial charge in [0.2, 0.25) is 11.6 Å². The van der Waals surface area contributed by atoms with Gasteiger partial charge in [-0.1, -0.05) is 115 Å². The molecule has 0 spiro atoms. The summed E-state index contributed by atoms with van der Waals surface area (Å²) in [6, 6.07) is 17.5. The Morgan fingerprint density at radius 2 is 1.29 bits per heavy atom. The van der Waals surface area contributed by atoms with Crippen LogP contribution in [0.5, 0.6) is 0 Å². The SMILES string of the molecule is CC.CC.C[N+]1=C(/C=C/C=C/C=C/C=C2/N(CCCCCC(=O)NCCCNCCCCNCCCN)c3ccccc3C2(C)C)C(C)(C)c2ccccc21. The molecule has 2 aliphatic heterocycles. The number of hydrogen-bond donors (Lipinski definition) is 4. The Hall–Kier alpha value is -3.78. The van der Waals surface area contributed by atoms with E-state index in [-0.39, 0.29) is 16.7 Å². The second-order valence-corrected chi connectivity index (χ2v) is 14.9. The standard InChI is InChI=1S/C44H64N6O.2C2H6/c1-43(2)36-22-13-15-24-38(36)49(5)40(43)26-10-7-6-8-11-27-41-44(3,4)37-23-14-16-25-39(37)50(41)35-19-9-12-28-42(51)48-34-21-33-47-31-18-17-30-46-32-20-29-45;2*1-2/h6-8,10-11,13-16,22-27,46-47H,9,12,17-21,28-35,45H2,1-5H3;2*1-2H3/p+1. The Morgan fingerprint density at radius 1 is 0.691 bits per heavy atom. The number of carbonyl (C=O) groups excluding carboxylic acids is 1. The fourth-order valence-corrected chi connectivity index (χ4v) is 7.41. The number of allylic oxidation sites excluding steroid dienone is 8. The van der Waals surface area contributed by atoms with Crippen LogP contribution < -0.4 is 26.6 Å². The normalized spacial score (nSPS) is 16.0. The van der Waals surface area contributed by atoms with E-state index in [0.717, 1.165) is 77.9 Å². The molecule has 5 N–H and O–H groups in total. The summed E-state index contributed by atoms with van der Waals surface area (Å²) < 4.78 is 2.30. The van der Waals surface area contributed by atoms with E-state index in [1.54, 1.807) is 0 Å². The summed E-state index contributed by atoms with van der Waals surface area (Å²) in [5.74, 6) is 0.169. The maximum Gasteiger partial charge on any atom is 0.219 e. The maximum atomic E-state index is 12.4. The molecule has 55 heavy (non-hydrogen) atoms. The molecule has 2 aliphatic rings. The van der Waals surface area contributed by atoms with Crippen molar-refractivity contribution in [2.75, 3.05) is 57.8 Å². The lowest BCUT2D eigenvalue weighted by molar-refractivity contribution is -0.401. The fraction of sp³-hybridized carbons (Fsp3) is 0.542. The fourth-order valence-electron chi connectivity index (χ4n) is 7.41. The lowest BCUT2D eigenvalue weighted by Crippen LogP contribution is -2.28. The van der Waals surface area contributed by atoms with Crippen LogP contribution in [0.1, 0.15) is 118 Å². The number of hydrogen-bond acceptors (Lipinski definition) is 5. The third kappa shape index (κ3) is 14.3. The highest BCUT2D eigenvalue weighted by Crippen LogP contribution is 2.47. The van der Waals surface area contributed by atoms with Crippen molar-refractivity contribution < 1.29 is 9.37 Å². The van der Waals surface area contributed by atoms with Gasteiger partial charge in [-0.05, 0) is 103 Å². The molecule has 0 fully saturated rings. The van der Waals surface area contributed by atoms with Crippen molar-refractivity contribution in [3.8, 4) is 0 Å². The molecule has 304 valence electrons. The average molecular weight is 754 g/mol. The summed E-state index contributed by atoms with van der Waals surface area (Å²) in [6.45, 7) is 23.7. The molecule has 0 atom stereocenters. The molecule has 0 aliphatic carbocycles. The molecule has 4 rings (SSSR count). The van der Waals surface area contributed by atoms with Crippen molar-refractivity contribution in [2.45, 2.75) is 118 Å². The minimum absolute atomic E-state index is 0.0186. The highest BCUT2D eigenvalue weighted by Gasteiger charge is 2.42. The molecule has 2 aromatic carbocycles. The molecule has 0 aromatic heterocycles. The monoisotopic (exact) mass is 754 g/mol. The smallest absolute Gasteiger partial charge is 0.219 e. The van der Waals surface area contributed by atoms with Gasteiger partial charge in [0.25, 0.3) is 0 Å². The van der Waals surface area contributed by atoms with Gasteiger partial charge in [0.05, 0.1) is 5.41 Å². The molecule has 0 saturated heterocycles. The molecule has 2 heterocycles. The molecular weight excluding hydrogens is 677 g/mol. The maximum absolute atomic E-state index is 12.4. The van der Waals surface area contributed by atoms with Crippen molar-refractivity contribution in [1.82, 2.24) is 16.0 Å². The van der Waals surface area contributed by atoms with Crippen molar-refractivity contribution >= 4 is 23.0 Å². The number of anilines is 1. The van der Waals surface area contributed by atoms with E-state index in [0.29, 0.717) is 6.42 Å². The van der Waals surface area contributed by atoms with Crippen molar-refractivity contribution in [3.05, 3.63) is 108 Å². The van der Waals surface area contributed by atoms with Crippen LogP contribution in [0, 0.1) is 0 Å². The number of nitrogens with one attached hydrogen (secondary N) is 3. The highest BCUT2D eigenvalue weighted by molar-refractivity contribution is 6.03. The molecule has 0 radical (unpaired) electrons. The third-order valence-corrected chi connectivity index (χ3v) is 10.3. The molecular formula is C48H77N6O+. The van der Waals surface area contributed by atoms with Gasteiger partial charge in [-0.25, -0.2) is 0 Å². The van der Waals surface area contributed by atoms with Crippen LogP contribution in [-0.2, 0) is 15.6 Å². The van der Waals surface area contributed by atoms with Crippen LogP contribution in [0.4, 0.5) is 11.4 Å². The van der Waals surface area contributed by atoms with Crippen LogP contribution in [0.25, 0.3) is 0 Å². The predicted molar refractivity (Wildman–Crippen MR) is 240 cm³/mol. The number of amides is 1. The minimum atomic E-state index is -0.0782. The predicted octanol–water partition coefficient (Wildman–Crippen LogP) is 9.47. The van der Waals surface area contributed by atoms with Gasteiger partial charge >= 0.3 is 0 Å². The Labute approximate surface area is 336 Å². The van der Waals surface area contributed by atoms with Crippen LogP contribution in [0.2, 0.25) is 0 Å². The van der Waals surface area contributed by atoms with Gasteiger partial charge in [-0.15, -0.1) is 0 Å². The molecule has 7 nitrogen and oxygen atoms in total. The molecule has 7 heteroatoms. The molecule has 2 aromatic rings. The summed E-state index contributed by atoms with van der Waals surface area (Å²) >= 11 is 0. The van der Waals surface area contributed by atoms with Crippen molar-refractivity contribution in [2.24, 2.45) is 5.73 Å². The van der Waals surface area contributed by atoms with Gasteiger partial charge in [0.15, 0.2) is 5.71 Å². The van der Waals surface area contributed by atoms with E-state index < -0.39 is 0 Å². The van der Waals surface area contributed by atoms with E-state index in [1.807, 2.05) is 27.7 Å². The zero-order valence-corrected chi connectivity index (χ0v) is 36.1. The van der Waals surface area contributed by atoms with E-state index in [9.17, 15) is 4.79 Å². The molecule has 1 amide bonds. The number of benzene rings is 2. The average Bonchev–Trinajstić information content (AvgIpc) is 3.53. The van der Waals surface area contributed by atoms with Gasteiger partial charge in [-0.2, -0.15) is 4.58 Å². The Morgan fingerprint density at radius 3 is 1.98 bits per heavy atom. The van der Waals surface area contributed by atoms with E-state index in [2.05, 4.69) is 151 Å². The number of carbonyl (C=O) groups is 1. The number of nitrogens with zero attached hydrogens (tertiary/aromatic N) is 2. The quantitative estimate of drug-likeness (QED) is 0.0547. The van der Waals surface area contributed by atoms with E-state index in [4.69, 9.17) is 5.73 Å². The van der Waals surface area contributed by atoms with Crippen LogP contribution in [-0.4, -0.2) is 69.1 Å². The second-order valence-electron chi connectivity index (χ2n) is 14.9. The van der Waals surface area contributed by atoms with Gasteiger partial charge in [0, 0.05) is 54.0 Å². The first kappa shape index (κ1) is 47.4. The molecule has 0 bridgehead atoms. The lowest BCUT2D eigenvalue weighted by Gasteiger charge is -2.27. The first-order valence-corrected chi connectivity index (χ1v) is 21.4. The van der Waals surface area contributed by atoms with Gasteiger partial charge in [-0.3, -0.25) is 4.79 Å². The number of unbranched alkanes of at least 4 members (excludes halogenated alkanes) is 3. The van der Waals surface area contributed by atoms with Crippen LogP contribution in [0.15, 0.2) is 96.8 Å². The summed E-state index contributed by atoms with van der Waals surface area (Å²) in [5, 5.41) is 10.0. The summed E-state index contributed by atoms with van der Waals surface area (Å²) in [4.78, 5) is 14.9. The summed E-state index contributed by atoms with van der Waals surface area (Å²) in [7, 11) is 2.16. The largest absolute Gasteiger partial charge is 0.356 e. The number of nitrogens with two attached hydrogens (primary N) is 1. The zero-order valence-electron chi connectivity index (χ0n) is 36.1. The lowest BCUT2D eigenvalue weighted by atomic mass is 9.81. The third-order valence-electron chi connectivity index (χ3n) is 10.3. The zero-order chi connectivity index (χ0) is 40.5. The first-order chi connectivity index (χ1) is 26.7. The van der Waals surface area contributed by atoms with Gasteiger partial charge in [0.1, 0.15) is 7.05 Å².